The van der Waals surface area contributed by atoms with Gasteiger partial charge in [-0.15, -0.1) is 11.3 Å². The number of nitrogens with zero attached hydrogens (tertiary/aromatic N) is 2. The van der Waals surface area contributed by atoms with Crippen molar-refractivity contribution in [3.63, 3.8) is 0 Å². The summed E-state index contributed by atoms with van der Waals surface area (Å²) in [4.78, 5) is 31.9. The Labute approximate surface area is 184 Å². The first kappa shape index (κ1) is 19.7. The number of piperidine rings is 1. The molecule has 0 amide bonds. The SMILES string of the molecule is O=C(Cc1ccccn1)c1cccc(-c2csc3c(=O)cc(N4CCCCC4)oc23)c1. The highest BCUT2D eigenvalue weighted by Crippen LogP contribution is 2.35. The maximum atomic E-state index is 12.8. The van der Waals surface area contributed by atoms with E-state index in [1.54, 1.807) is 12.3 Å². The van der Waals surface area contributed by atoms with Gasteiger partial charge in [0.25, 0.3) is 0 Å². The smallest absolute Gasteiger partial charge is 0.204 e. The number of benzene rings is 1. The van der Waals surface area contributed by atoms with Crippen LogP contribution in [0.4, 0.5) is 5.88 Å². The molecule has 0 aliphatic carbocycles. The second kappa shape index (κ2) is 8.47. The minimum atomic E-state index is -0.0135. The topological polar surface area (TPSA) is 63.4 Å². The van der Waals surface area contributed by atoms with Crippen molar-refractivity contribution in [2.45, 2.75) is 25.7 Å². The van der Waals surface area contributed by atoms with Gasteiger partial charge in [0.1, 0.15) is 4.70 Å². The molecule has 31 heavy (non-hydrogen) atoms. The summed E-state index contributed by atoms with van der Waals surface area (Å²) in [5, 5.41) is 1.94. The molecule has 4 aromatic rings. The average molecular weight is 431 g/mol. The largest absolute Gasteiger partial charge is 0.439 e. The number of hydrogen-bond donors (Lipinski definition) is 0. The van der Waals surface area contributed by atoms with Gasteiger partial charge in [-0.1, -0.05) is 24.3 Å². The number of thiophene rings is 1. The fraction of sp³-hybridized carbons (Fsp3) is 0.240. The molecule has 156 valence electrons. The van der Waals surface area contributed by atoms with Gasteiger partial charge >= 0.3 is 0 Å². The first-order valence-corrected chi connectivity index (χ1v) is 11.4. The van der Waals surface area contributed by atoms with E-state index < -0.39 is 0 Å². The molecule has 0 spiro atoms. The molecule has 1 aromatic carbocycles. The predicted molar refractivity (Wildman–Crippen MR) is 124 cm³/mol. The van der Waals surface area contributed by atoms with Crippen LogP contribution in [0.1, 0.15) is 35.3 Å². The molecule has 0 N–H and O–H groups in total. The zero-order valence-electron chi connectivity index (χ0n) is 17.0. The number of carbonyl (C=O) groups excluding carboxylic acids is 1. The van der Waals surface area contributed by atoms with E-state index in [2.05, 4.69) is 9.88 Å². The molecule has 5 rings (SSSR count). The molecule has 3 aromatic heterocycles. The van der Waals surface area contributed by atoms with Crippen LogP contribution in [0.3, 0.4) is 0 Å². The quantitative estimate of drug-likeness (QED) is 0.400. The van der Waals surface area contributed by atoms with E-state index in [9.17, 15) is 9.59 Å². The van der Waals surface area contributed by atoms with Crippen molar-refractivity contribution < 1.29 is 9.21 Å². The van der Waals surface area contributed by atoms with Crippen molar-refractivity contribution in [3.05, 3.63) is 81.6 Å². The summed E-state index contributed by atoms with van der Waals surface area (Å²) in [6, 6.07) is 14.7. The van der Waals surface area contributed by atoms with Crippen LogP contribution in [0.2, 0.25) is 0 Å². The van der Waals surface area contributed by atoms with E-state index in [-0.39, 0.29) is 17.6 Å². The number of hydrogen-bond acceptors (Lipinski definition) is 6. The minimum absolute atomic E-state index is 0.00976. The highest BCUT2D eigenvalue weighted by molar-refractivity contribution is 7.17. The van der Waals surface area contributed by atoms with Crippen LogP contribution < -0.4 is 10.3 Å². The van der Waals surface area contributed by atoms with E-state index in [4.69, 9.17) is 4.42 Å². The van der Waals surface area contributed by atoms with Gasteiger partial charge in [-0.25, -0.2) is 0 Å². The third kappa shape index (κ3) is 4.03. The first-order chi connectivity index (χ1) is 15.2. The van der Waals surface area contributed by atoms with E-state index >= 15 is 0 Å². The molecule has 0 radical (unpaired) electrons. The van der Waals surface area contributed by atoms with Crippen molar-refractivity contribution in [1.82, 2.24) is 4.98 Å². The second-order valence-electron chi connectivity index (χ2n) is 7.81. The highest BCUT2D eigenvalue weighted by atomic mass is 32.1. The van der Waals surface area contributed by atoms with Crippen molar-refractivity contribution >= 4 is 33.3 Å². The van der Waals surface area contributed by atoms with Crippen LogP contribution in [0, 0.1) is 0 Å². The average Bonchev–Trinajstić information content (AvgIpc) is 3.25. The third-order valence-electron chi connectivity index (χ3n) is 5.66. The molecule has 6 heteroatoms. The van der Waals surface area contributed by atoms with Gasteiger partial charge in [-0.05, 0) is 43.0 Å². The molecular formula is C25H22N2O3S. The van der Waals surface area contributed by atoms with E-state index in [0.717, 1.165) is 42.8 Å². The fourth-order valence-electron chi connectivity index (χ4n) is 4.03. The normalized spacial score (nSPS) is 14.1. The maximum Gasteiger partial charge on any atom is 0.204 e. The molecule has 4 heterocycles. The number of pyridine rings is 1. The van der Waals surface area contributed by atoms with Gasteiger partial charge < -0.3 is 9.32 Å². The number of fused-ring (bicyclic) bond motifs is 1. The summed E-state index contributed by atoms with van der Waals surface area (Å²) >= 11 is 1.39. The summed E-state index contributed by atoms with van der Waals surface area (Å²) in [6.45, 7) is 1.82. The number of carbonyl (C=O) groups is 1. The lowest BCUT2D eigenvalue weighted by Gasteiger charge is -2.26. The fourth-order valence-corrected chi connectivity index (χ4v) is 4.94. The summed E-state index contributed by atoms with van der Waals surface area (Å²) < 4.78 is 6.86. The Hall–Kier alpha value is -3.25. The molecule has 1 fully saturated rings. The molecular weight excluding hydrogens is 408 g/mol. The van der Waals surface area contributed by atoms with Crippen molar-refractivity contribution in [2.75, 3.05) is 18.0 Å². The third-order valence-corrected chi connectivity index (χ3v) is 6.64. The van der Waals surface area contributed by atoms with E-state index in [0.29, 0.717) is 21.7 Å². The van der Waals surface area contributed by atoms with Crippen molar-refractivity contribution in [2.24, 2.45) is 0 Å². The number of rotatable bonds is 5. The molecule has 1 aliphatic heterocycles. The Morgan fingerprint density at radius 1 is 1.06 bits per heavy atom. The van der Waals surface area contributed by atoms with Crippen molar-refractivity contribution in [1.29, 1.82) is 0 Å². The zero-order valence-corrected chi connectivity index (χ0v) is 17.9. The van der Waals surface area contributed by atoms with Gasteiger partial charge in [0.15, 0.2) is 17.3 Å². The second-order valence-corrected chi connectivity index (χ2v) is 8.69. The van der Waals surface area contributed by atoms with Crippen LogP contribution in [-0.2, 0) is 6.42 Å². The van der Waals surface area contributed by atoms with Gasteiger partial charge in [-0.3, -0.25) is 14.6 Å². The van der Waals surface area contributed by atoms with E-state index in [1.807, 2.05) is 47.8 Å². The molecule has 0 bridgehead atoms. The van der Waals surface area contributed by atoms with Crippen LogP contribution in [-0.4, -0.2) is 23.9 Å². The summed E-state index contributed by atoms with van der Waals surface area (Å²) in [5.74, 6) is 0.648. The molecule has 1 aliphatic rings. The van der Waals surface area contributed by atoms with Crippen LogP contribution in [0.15, 0.2) is 69.3 Å². The molecule has 0 atom stereocenters. The summed E-state index contributed by atoms with van der Waals surface area (Å²) in [5.41, 5.74) is 3.68. The lowest BCUT2D eigenvalue weighted by molar-refractivity contribution is 0.0992. The molecule has 1 saturated heterocycles. The van der Waals surface area contributed by atoms with E-state index in [1.165, 1.54) is 17.8 Å². The monoisotopic (exact) mass is 430 g/mol. The lowest BCUT2D eigenvalue weighted by atomic mass is 10.0. The Bertz CT molecular complexity index is 1290. The van der Waals surface area contributed by atoms with Gasteiger partial charge in [0.2, 0.25) is 5.43 Å². The molecule has 0 saturated carbocycles. The summed E-state index contributed by atoms with van der Waals surface area (Å²) in [7, 11) is 0. The Morgan fingerprint density at radius 2 is 1.94 bits per heavy atom. The number of Topliss-reactive ketones (excluding diaryl/α,β-unsaturated/α-hetero) is 1. The van der Waals surface area contributed by atoms with Gasteiger partial charge in [0, 0.05) is 47.6 Å². The molecule has 5 nitrogen and oxygen atoms in total. The van der Waals surface area contributed by atoms with Crippen LogP contribution in [0.25, 0.3) is 21.4 Å². The van der Waals surface area contributed by atoms with Gasteiger partial charge in [0.05, 0.1) is 6.42 Å². The maximum absolute atomic E-state index is 12.8. The first-order valence-electron chi connectivity index (χ1n) is 10.5. The minimum Gasteiger partial charge on any atom is -0.439 e. The lowest BCUT2D eigenvalue weighted by Crippen LogP contribution is -2.29. The van der Waals surface area contributed by atoms with Crippen LogP contribution in [0.5, 0.6) is 0 Å². The zero-order chi connectivity index (χ0) is 21.2. The Balaban J connectivity index is 1.50. The predicted octanol–water partition coefficient (Wildman–Crippen LogP) is 5.33. The number of anilines is 1. The summed E-state index contributed by atoms with van der Waals surface area (Å²) in [6.07, 6.45) is 5.38. The van der Waals surface area contributed by atoms with Crippen LogP contribution >= 0.6 is 11.3 Å². The highest BCUT2D eigenvalue weighted by Gasteiger charge is 2.19. The number of ketones is 1. The molecule has 0 unspecified atom stereocenters. The standard InChI is InChI=1S/C25H22N2O3S/c28-21(14-19-9-2-3-10-26-19)18-8-6-7-17(13-18)20-16-31-25-22(29)15-23(30-24(20)25)27-11-4-1-5-12-27/h2-3,6-10,13,15-16H,1,4-5,11-12,14H2. The Kier molecular flexibility index (Phi) is 5.38. The number of aromatic nitrogens is 1. The van der Waals surface area contributed by atoms with Gasteiger partial charge in [-0.2, -0.15) is 0 Å². The Morgan fingerprint density at radius 3 is 2.74 bits per heavy atom. The van der Waals surface area contributed by atoms with Crippen molar-refractivity contribution in [3.8, 4) is 11.1 Å².